The summed E-state index contributed by atoms with van der Waals surface area (Å²) in [7, 11) is 0. The lowest BCUT2D eigenvalue weighted by molar-refractivity contribution is -0.159. The molecule has 0 radical (unpaired) electrons. The van der Waals surface area contributed by atoms with E-state index < -0.39 is 35.2 Å². The number of nitrogens with one attached hydrogen (secondary N) is 1. The molecule has 11 nitrogen and oxygen atoms in total. The van der Waals surface area contributed by atoms with E-state index in [4.69, 9.17) is 36.3 Å². The van der Waals surface area contributed by atoms with Gasteiger partial charge in [0.2, 0.25) is 0 Å². The number of nitrogens with zero attached hydrogens (tertiary/aromatic N) is 1. The fourth-order valence-electron chi connectivity index (χ4n) is 1.30. The number of hydrogen-bond donors (Lipinski definition) is 4. The molecule has 0 rings (SSSR count). The molecule has 2 atom stereocenters. The van der Waals surface area contributed by atoms with Crippen molar-refractivity contribution < 1.29 is 28.7 Å². The van der Waals surface area contributed by atoms with Crippen LogP contribution in [-0.4, -0.2) is 54.4 Å². The van der Waals surface area contributed by atoms with Crippen LogP contribution in [0.2, 0.25) is 0 Å². The van der Waals surface area contributed by atoms with Gasteiger partial charge in [-0.1, -0.05) is 0 Å². The van der Waals surface area contributed by atoms with Gasteiger partial charge in [0, 0.05) is 0 Å². The first-order valence-electron chi connectivity index (χ1n) is 8.01. The van der Waals surface area contributed by atoms with E-state index in [2.05, 4.69) is 10.6 Å². The van der Waals surface area contributed by atoms with Crippen molar-refractivity contribution in [2.45, 2.75) is 64.8 Å². The molecule has 0 aromatic rings. The first kappa shape index (κ1) is 23.9. The van der Waals surface area contributed by atoms with Crippen molar-refractivity contribution in [3.05, 3.63) is 0 Å². The van der Waals surface area contributed by atoms with Gasteiger partial charge in [0.1, 0.15) is 36.5 Å². The standard InChI is InChI=1S/C15H31N5O6/c1-14(2,3)25-11(21)9(16)7-23-19-13(18)20-24-8-10(17)12(22)26-15(4,5)6/h9-10H,7-8,16-17H2,1-6H3,(H3,18,19,20). The van der Waals surface area contributed by atoms with Crippen molar-refractivity contribution in [3.63, 3.8) is 0 Å². The second kappa shape index (κ2) is 10.1. The largest absolute Gasteiger partial charge is 0.459 e. The molecular formula is C15H31N5O6. The summed E-state index contributed by atoms with van der Waals surface area (Å²) in [6.45, 7) is 9.88. The lowest BCUT2D eigenvalue weighted by atomic mass is 10.2. The molecule has 2 unspecified atom stereocenters. The number of carbonyl (C=O) groups is 2. The number of guanidine groups is 1. The Morgan fingerprint density at radius 3 is 1.77 bits per heavy atom. The molecule has 152 valence electrons. The summed E-state index contributed by atoms with van der Waals surface area (Å²) in [5, 5.41) is 3.46. The third-order valence-corrected chi connectivity index (χ3v) is 2.28. The molecule has 11 heteroatoms. The first-order chi connectivity index (χ1) is 11.7. The molecule has 0 fully saturated rings. The van der Waals surface area contributed by atoms with E-state index in [9.17, 15) is 9.59 Å². The van der Waals surface area contributed by atoms with Crippen molar-refractivity contribution in [3.8, 4) is 0 Å². The zero-order valence-electron chi connectivity index (χ0n) is 16.2. The number of nitrogens with two attached hydrogens (primary N) is 3. The molecule has 26 heavy (non-hydrogen) atoms. The normalized spacial score (nSPS) is 15.0. The summed E-state index contributed by atoms with van der Waals surface area (Å²) in [6, 6.07) is -2.02. The first-order valence-corrected chi connectivity index (χ1v) is 8.01. The summed E-state index contributed by atoms with van der Waals surface area (Å²) in [6.07, 6.45) is 0. The Morgan fingerprint density at radius 1 is 0.923 bits per heavy atom. The quantitative estimate of drug-likeness (QED) is 0.179. The Balaban J connectivity index is 4.12. The van der Waals surface area contributed by atoms with Crippen LogP contribution in [0.1, 0.15) is 41.5 Å². The van der Waals surface area contributed by atoms with E-state index in [0.717, 1.165) is 0 Å². The summed E-state index contributed by atoms with van der Waals surface area (Å²) in [5.74, 6) is -1.49. The van der Waals surface area contributed by atoms with Gasteiger partial charge in [-0.05, 0) is 46.7 Å². The van der Waals surface area contributed by atoms with Crippen molar-refractivity contribution in [2.75, 3.05) is 13.2 Å². The summed E-state index contributed by atoms with van der Waals surface area (Å²) >= 11 is 0. The highest BCUT2D eigenvalue weighted by Crippen LogP contribution is 2.08. The molecule has 0 bridgehead atoms. The van der Waals surface area contributed by atoms with Gasteiger partial charge >= 0.3 is 11.9 Å². The topological polar surface area (TPSA) is 174 Å². The zero-order valence-corrected chi connectivity index (χ0v) is 16.2. The minimum Gasteiger partial charge on any atom is -0.459 e. The Hall–Kier alpha value is -2.11. The van der Waals surface area contributed by atoms with Crippen LogP contribution >= 0.6 is 0 Å². The van der Waals surface area contributed by atoms with Crippen molar-refractivity contribution in [2.24, 2.45) is 22.4 Å². The maximum Gasteiger partial charge on any atom is 0.327 e. The van der Waals surface area contributed by atoms with Crippen LogP contribution in [0.5, 0.6) is 0 Å². The number of oxime groups is 1. The second-order valence-corrected chi connectivity index (χ2v) is 7.47. The Kier molecular flexibility index (Phi) is 9.32. The van der Waals surface area contributed by atoms with Gasteiger partial charge in [-0.15, -0.1) is 0 Å². The maximum atomic E-state index is 11.6. The van der Waals surface area contributed by atoms with Gasteiger partial charge < -0.3 is 31.5 Å². The number of ether oxygens (including phenoxy) is 2. The lowest BCUT2D eigenvalue weighted by Gasteiger charge is -2.22. The van der Waals surface area contributed by atoms with E-state index >= 15 is 0 Å². The van der Waals surface area contributed by atoms with Gasteiger partial charge in [-0.25, -0.2) is 5.48 Å². The van der Waals surface area contributed by atoms with Crippen LogP contribution in [0.25, 0.3) is 0 Å². The van der Waals surface area contributed by atoms with Gasteiger partial charge in [0.25, 0.3) is 5.96 Å². The number of hydroxylamine groups is 1. The van der Waals surface area contributed by atoms with E-state index in [1.807, 2.05) is 0 Å². The second-order valence-electron chi connectivity index (χ2n) is 7.47. The zero-order chi connectivity index (χ0) is 20.5. The SMILES string of the molecule is CC(C)(C)OC(=O)C(N)CON=C(N)NOCC(N)C(=O)OC(C)(C)C. The molecule has 0 aliphatic rings. The van der Waals surface area contributed by atoms with Crippen LogP contribution < -0.4 is 22.7 Å². The van der Waals surface area contributed by atoms with Crippen molar-refractivity contribution in [1.82, 2.24) is 5.48 Å². The predicted molar refractivity (Wildman–Crippen MR) is 94.3 cm³/mol. The summed E-state index contributed by atoms with van der Waals surface area (Å²) in [5.41, 5.74) is 17.6. The van der Waals surface area contributed by atoms with Crippen LogP contribution in [0.15, 0.2) is 5.16 Å². The highest BCUT2D eigenvalue weighted by atomic mass is 16.7. The molecule has 0 aromatic carbocycles. The van der Waals surface area contributed by atoms with Gasteiger partial charge in [-0.2, -0.15) is 0 Å². The van der Waals surface area contributed by atoms with E-state index in [1.54, 1.807) is 41.5 Å². The maximum absolute atomic E-state index is 11.6. The van der Waals surface area contributed by atoms with Crippen LogP contribution in [0.4, 0.5) is 0 Å². The fourth-order valence-corrected chi connectivity index (χ4v) is 1.30. The molecule has 0 saturated carbocycles. The third kappa shape index (κ3) is 12.3. The van der Waals surface area contributed by atoms with Crippen molar-refractivity contribution >= 4 is 17.9 Å². The average Bonchev–Trinajstić information content (AvgIpc) is 2.43. The lowest BCUT2D eigenvalue weighted by Crippen LogP contribution is -2.43. The fraction of sp³-hybridized carbons (Fsp3) is 0.800. The molecule has 0 spiro atoms. The van der Waals surface area contributed by atoms with Crippen LogP contribution in [0.3, 0.4) is 0 Å². The smallest absolute Gasteiger partial charge is 0.327 e. The number of rotatable bonds is 8. The number of carbonyl (C=O) groups excluding carboxylic acids is 2. The molecule has 0 heterocycles. The van der Waals surface area contributed by atoms with Gasteiger partial charge in [-0.3, -0.25) is 14.4 Å². The van der Waals surface area contributed by atoms with E-state index in [0.29, 0.717) is 0 Å². The Morgan fingerprint density at radius 2 is 1.35 bits per heavy atom. The van der Waals surface area contributed by atoms with Gasteiger partial charge in [0.05, 0.1) is 0 Å². The highest BCUT2D eigenvalue weighted by Gasteiger charge is 2.23. The molecular weight excluding hydrogens is 346 g/mol. The molecule has 0 amide bonds. The van der Waals surface area contributed by atoms with Gasteiger partial charge in [0.15, 0.2) is 0 Å². The van der Waals surface area contributed by atoms with Crippen LogP contribution in [0, 0.1) is 0 Å². The Bertz CT molecular complexity index is 498. The molecule has 0 aliphatic carbocycles. The molecule has 0 aliphatic heterocycles. The minimum absolute atomic E-state index is 0.206. The van der Waals surface area contributed by atoms with E-state index in [1.165, 1.54) is 0 Å². The number of hydrogen-bond acceptors (Lipinski definition) is 9. The average molecular weight is 377 g/mol. The molecule has 7 N–H and O–H groups in total. The summed E-state index contributed by atoms with van der Waals surface area (Å²) < 4.78 is 10.2. The molecule has 0 aromatic heterocycles. The monoisotopic (exact) mass is 377 g/mol. The predicted octanol–water partition coefficient (Wildman–Crippen LogP) is -0.908. The number of esters is 2. The van der Waals surface area contributed by atoms with Crippen molar-refractivity contribution in [1.29, 1.82) is 0 Å². The minimum atomic E-state index is -1.02. The molecule has 0 saturated heterocycles. The third-order valence-electron chi connectivity index (χ3n) is 2.28. The Labute approximate surface area is 153 Å². The van der Waals surface area contributed by atoms with E-state index in [-0.39, 0.29) is 19.2 Å². The highest BCUT2D eigenvalue weighted by molar-refractivity contribution is 5.77. The summed E-state index contributed by atoms with van der Waals surface area (Å²) in [4.78, 5) is 33.0. The van der Waals surface area contributed by atoms with Crippen LogP contribution in [-0.2, 0) is 28.7 Å².